The number of carboxylic acid groups (broad SMARTS) is 1. The van der Waals surface area contributed by atoms with Crippen LogP contribution < -0.4 is 14.8 Å². The first kappa shape index (κ1) is 20.1. The van der Waals surface area contributed by atoms with E-state index >= 15 is 0 Å². The van der Waals surface area contributed by atoms with E-state index in [-0.39, 0.29) is 11.6 Å². The van der Waals surface area contributed by atoms with Crippen molar-refractivity contribution < 1.29 is 24.2 Å². The molecule has 2 rings (SSSR count). The minimum atomic E-state index is -1.05. The van der Waals surface area contributed by atoms with Gasteiger partial charge in [-0.2, -0.15) is 5.10 Å². The minimum Gasteiger partial charge on any atom is -0.493 e. The van der Waals surface area contributed by atoms with Crippen LogP contribution in [0.4, 0.5) is 0 Å². The van der Waals surface area contributed by atoms with Crippen molar-refractivity contribution >= 4 is 46.6 Å². The molecule has 1 aromatic carbocycles. The maximum atomic E-state index is 11.7. The number of methoxy groups -OCH3 is 1. The number of halogens is 1. The first-order valence-electron chi connectivity index (χ1n) is 7.75. The monoisotopic (exact) mass is 399 g/mol. The predicted molar refractivity (Wildman–Crippen MR) is 101 cm³/mol. The van der Waals surface area contributed by atoms with Crippen LogP contribution in [0.15, 0.2) is 22.3 Å². The van der Waals surface area contributed by atoms with E-state index in [1.54, 1.807) is 12.1 Å². The van der Waals surface area contributed by atoms with E-state index < -0.39 is 17.1 Å². The zero-order chi connectivity index (χ0) is 19.1. The Labute approximate surface area is 159 Å². The van der Waals surface area contributed by atoms with E-state index in [1.165, 1.54) is 13.3 Å². The van der Waals surface area contributed by atoms with E-state index in [9.17, 15) is 9.59 Å². The van der Waals surface area contributed by atoms with Gasteiger partial charge in [0, 0.05) is 16.7 Å². The molecule has 0 radical (unpaired) electrons. The number of nitrogens with zero attached hydrogens (tertiary/aromatic N) is 2. The first-order chi connectivity index (χ1) is 12.4. The molecule has 10 heteroatoms. The van der Waals surface area contributed by atoms with Crippen LogP contribution in [-0.2, 0) is 9.59 Å². The van der Waals surface area contributed by atoms with Crippen molar-refractivity contribution in [3.8, 4) is 11.5 Å². The third kappa shape index (κ3) is 5.37. The van der Waals surface area contributed by atoms with E-state index in [0.29, 0.717) is 28.7 Å². The summed E-state index contributed by atoms with van der Waals surface area (Å²) in [6.45, 7) is 2.48. The Balaban J connectivity index is 2.18. The molecule has 0 bridgehead atoms. The molecule has 1 aliphatic rings. The van der Waals surface area contributed by atoms with Crippen molar-refractivity contribution in [3.05, 3.63) is 22.7 Å². The highest BCUT2D eigenvalue weighted by molar-refractivity contribution is 8.15. The van der Waals surface area contributed by atoms with Crippen molar-refractivity contribution in [1.29, 1.82) is 0 Å². The number of carboxylic acids is 1. The highest BCUT2D eigenvalue weighted by Crippen LogP contribution is 2.34. The van der Waals surface area contributed by atoms with E-state index in [2.05, 4.69) is 15.5 Å². The smallest absolute Gasteiger partial charge is 0.305 e. The minimum absolute atomic E-state index is 0.238. The number of carbonyl (C=O) groups excluding carboxylic acids is 1. The summed E-state index contributed by atoms with van der Waals surface area (Å²) in [5, 5.41) is 19.1. The summed E-state index contributed by atoms with van der Waals surface area (Å²) in [5.41, 5.74) is 0.573. The molecule has 1 unspecified atom stereocenters. The Kier molecular flexibility index (Phi) is 7.28. The largest absolute Gasteiger partial charge is 0.493 e. The molecule has 0 saturated carbocycles. The highest BCUT2D eigenvalue weighted by Gasteiger charge is 2.32. The van der Waals surface area contributed by atoms with Crippen molar-refractivity contribution in [1.82, 2.24) is 5.32 Å². The van der Waals surface area contributed by atoms with Gasteiger partial charge < -0.3 is 19.9 Å². The van der Waals surface area contributed by atoms with Gasteiger partial charge >= 0.3 is 5.97 Å². The van der Waals surface area contributed by atoms with Gasteiger partial charge in [-0.05, 0) is 12.5 Å². The lowest BCUT2D eigenvalue weighted by atomic mass is 10.2. The molecule has 0 aliphatic carbocycles. The van der Waals surface area contributed by atoms with Gasteiger partial charge in [-0.3, -0.25) is 9.59 Å². The van der Waals surface area contributed by atoms with Gasteiger partial charge in [0.1, 0.15) is 5.25 Å². The quantitative estimate of drug-likeness (QED) is 0.513. The maximum absolute atomic E-state index is 11.7. The number of hydrogen-bond donors (Lipinski definition) is 2. The molecule has 140 valence electrons. The Hall–Kier alpha value is -2.26. The predicted octanol–water partition coefficient (Wildman–Crippen LogP) is 2.53. The molecule has 2 N–H and O–H groups in total. The molecule has 1 atom stereocenters. The molecule has 1 saturated heterocycles. The van der Waals surface area contributed by atoms with Crippen molar-refractivity contribution in [2.45, 2.75) is 25.0 Å². The molecule has 1 aliphatic heterocycles. The lowest BCUT2D eigenvalue weighted by molar-refractivity contribution is -0.138. The highest BCUT2D eigenvalue weighted by atomic mass is 35.5. The van der Waals surface area contributed by atoms with E-state index in [4.69, 9.17) is 26.2 Å². The first-order valence-corrected chi connectivity index (χ1v) is 9.01. The zero-order valence-electron chi connectivity index (χ0n) is 14.2. The number of ether oxygens (including phenoxy) is 2. The fraction of sp³-hybridized carbons (Fsp3) is 0.375. The Morgan fingerprint density at radius 3 is 2.92 bits per heavy atom. The molecule has 0 aromatic heterocycles. The molecular formula is C16H18ClN3O5S. The number of benzene rings is 1. The van der Waals surface area contributed by atoms with E-state index in [1.807, 2.05) is 6.92 Å². The lowest BCUT2D eigenvalue weighted by Gasteiger charge is -2.13. The third-order valence-electron chi connectivity index (χ3n) is 3.20. The van der Waals surface area contributed by atoms with Crippen LogP contribution in [0.3, 0.4) is 0 Å². The fourth-order valence-electron chi connectivity index (χ4n) is 2.08. The second-order valence-corrected chi connectivity index (χ2v) is 6.85. The summed E-state index contributed by atoms with van der Waals surface area (Å²) < 4.78 is 11.0. The van der Waals surface area contributed by atoms with Crippen molar-refractivity contribution in [2.75, 3.05) is 13.7 Å². The number of thioether (sulfide) groups is 1. The molecular weight excluding hydrogens is 382 g/mol. The maximum Gasteiger partial charge on any atom is 0.305 e. The van der Waals surface area contributed by atoms with Crippen LogP contribution in [0.25, 0.3) is 0 Å². The number of nitrogens with one attached hydrogen (secondary N) is 1. The number of amides is 1. The summed E-state index contributed by atoms with van der Waals surface area (Å²) in [6.07, 6.45) is 1.97. The van der Waals surface area contributed by atoms with Gasteiger partial charge in [-0.1, -0.05) is 30.3 Å². The summed E-state index contributed by atoms with van der Waals surface area (Å²) in [6, 6.07) is 3.30. The second kappa shape index (κ2) is 9.44. The second-order valence-electron chi connectivity index (χ2n) is 5.22. The zero-order valence-corrected chi connectivity index (χ0v) is 15.8. The average Bonchev–Trinajstić information content (AvgIpc) is 2.92. The normalized spacial score (nSPS) is 18.3. The van der Waals surface area contributed by atoms with Crippen LogP contribution in [0.5, 0.6) is 11.5 Å². The Bertz CT molecular complexity index is 754. The number of rotatable bonds is 8. The number of carbonyl (C=O) groups is 2. The summed E-state index contributed by atoms with van der Waals surface area (Å²) in [7, 11) is 1.51. The van der Waals surface area contributed by atoms with Gasteiger partial charge in [0.25, 0.3) is 0 Å². The van der Waals surface area contributed by atoms with Gasteiger partial charge in [0.15, 0.2) is 16.7 Å². The van der Waals surface area contributed by atoms with Gasteiger partial charge in [-0.15, -0.1) is 5.10 Å². The Morgan fingerprint density at radius 1 is 1.50 bits per heavy atom. The lowest BCUT2D eigenvalue weighted by Crippen LogP contribution is -2.26. The Morgan fingerprint density at radius 2 is 2.27 bits per heavy atom. The van der Waals surface area contributed by atoms with Crippen molar-refractivity contribution in [3.63, 3.8) is 0 Å². The summed E-state index contributed by atoms with van der Waals surface area (Å²) in [5.74, 6) is -0.478. The molecule has 0 spiro atoms. The van der Waals surface area contributed by atoms with Gasteiger partial charge in [-0.25, -0.2) is 0 Å². The summed E-state index contributed by atoms with van der Waals surface area (Å²) >= 11 is 7.10. The van der Waals surface area contributed by atoms with Gasteiger partial charge in [0.05, 0.1) is 26.4 Å². The number of hydrogen-bond acceptors (Lipinski definition) is 7. The van der Waals surface area contributed by atoms with Crippen LogP contribution in [0, 0.1) is 0 Å². The fourth-order valence-corrected chi connectivity index (χ4v) is 3.22. The number of amidine groups is 1. The number of aliphatic carboxylic acids is 1. The van der Waals surface area contributed by atoms with Crippen molar-refractivity contribution in [2.24, 2.45) is 10.2 Å². The topological polar surface area (TPSA) is 110 Å². The average molecular weight is 400 g/mol. The van der Waals surface area contributed by atoms with Crippen LogP contribution in [-0.4, -0.2) is 47.3 Å². The molecule has 1 aromatic rings. The van der Waals surface area contributed by atoms with Gasteiger partial charge in [0.2, 0.25) is 5.91 Å². The molecule has 8 nitrogen and oxygen atoms in total. The van der Waals surface area contributed by atoms with Crippen LogP contribution >= 0.6 is 23.4 Å². The summed E-state index contributed by atoms with van der Waals surface area (Å²) in [4.78, 5) is 22.4. The molecule has 1 heterocycles. The molecule has 1 fully saturated rings. The third-order valence-corrected chi connectivity index (χ3v) is 4.49. The van der Waals surface area contributed by atoms with Crippen LogP contribution in [0.2, 0.25) is 5.02 Å². The SMILES string of the molecule is CCCOc1c(C=NN=C2NC(=O)C(CC(=O)O)S2)cc(Cl)cc1OC. The molecule has 1 amide bonds. The standard InChI is InChI=1S/C16H18ClN3O5S/c1-3-4-25-14-9(5-10(17)6-11(14)24-2)8-18-20-16-19-15(23)12(26-16)7-13(21)22/h5-6,8,12H,3-4,7H2,1-2H3,(H,21,22)(H,19,20,23). The molecule has 26 heavy (non-hydrogen) atoms. The van der Waals surface area contributed by atoms with Crippen LogP contribution in [0.1, 0.15) is 25.3 Å². The van der Waals surface area contributed by atoms with E-state index in [0.717, 1.165) is 18.2 Å².